The monoisotopic (exact) mass is 1220 g/mol. The number of nitrogens with zero attached hydrogens (tertiary/aromatic N) is 4. The van der Waals surface area contributed by atoms with E-state index in [4.69, 9.17) is 37.9 Å². The average molecular weight is 1220 g/mol. The molecule has 0 atom stereocenters. The van der Waals surface area contributed by atoms with E-state index in [9.17, 15) is 9.59 Å². The fraction of sp³-hybridized carbons (Fsp3) is 0.395. The summed E-state index contributed by atoms with van der Waals surface area (Å²) in [4.78, 5) is 45.1. The van der Waals surface area contributed by atoms with E-state index in [-0.39, 0.29) is 61.3 Å². The average Bonchev–Trinajstić information content (AvgIpc) is 0.864. The molecule has 0 fully saturated rings. The Labute approximate surface area is 532 Å². The number of pyridine rings is 4. The molecule has 0 spiro atoms. The van der Waals surface area contributed by atoms with E-state index in [0.29, 0.717) is 60.2 Å². The number of ether oxygens (including phenoxy) is 8. The molecular formula is C76H88N4O10. The lowest BCUT2D eigenvalue weighted by molar-refractivity contribution is -0.143. The molecule has 4 aromatic carbocycles. The van der Waals surface area contributed by atoms with Crippen molar-refractivity contribution >= 4 is 11.9 Å². The number of aryl methyl sites for hydroxylation is 2. The Balaban J connectivity index is 1.23. The molecule has 8 bridgehead atoms. The van der Waals surface area contributed by atoms with Crippen LogP contribution in [-0.4, -0.2) is 85.7 Å². The highest BCUT2D eigenvalue weighted by Crippen LogP contribution is 2.45. The van der Waals surface area contributed by atoms with Crippen molar-refractivity contribution in [3.05, 3.63) is 200 Å². The van der Waals surface area contributed by atoms with Gasteiger partial charge in [-0.3, -0.25) is 19.9 Å². The Morgan fingerprint density at radius 2 is 0.589 bits per heavy atom. The van der Waals surface area contributed by atoms with E-state index in [2.05, 4.69) is 152 Å². The lowest BCUT2D eigenvalue weighted by Gasteiger charge is -2.29. The third-order valence-corrected chi connectivity index (χ3v) is 16.1. The van der Waals surface area contributed by atoms with Gasteiger partial charge in [-0.25, -0.2) is 9.59 Å². The second kappa shape index (κ2) is 27.5. The summed E-state index contributed by atoms with van der Waals surface area (Å²) in [5.74, 6) is 2.66. The zero-order valence-electron chi connectivity index (χ0n) is 55.5. The zero-order valence-corrected chi connectivity index (χ0v) is 55.5. The Bertz CT molecular complexity index is 3480. The molecule has 14 nitrogen and oxygen atoms in total. The first-order valence-electron chi connectivity index (χ1n) is 31.0. The molecule has 0 saturated heterocycles. The number of hydrogen-bond donors (Lipinski definition) is 0. The minimum Gasteiger partial charge on any atom is -0.489 e. The summed E-state index contributed by atoms with van der Waals surface area (Å²) >= 11 is 0. The maximum Gasteiger partial charge on any atom is 0.343 e. The first kappa shape index (κ1) is 65.7. The number of fused-ring (bicyclic) bond motifs is 8. The van der Waals surface area contributed by atoms with Gasteiger partial charge in [0, 0.05) is 38.1 Å². The lowest BCUT2D eigenvalue weighted by Crippen LogP contribution is -2.20. The van der Waals surface area contributed by atoms with E-state index in [1.165, 1.54) is 14.2 Å². The van der Waals surface area contributed by atoms with Gasteiger partial charge in [-0.2, -0.15) is 0 Å². The van der Waals surface area contributed by atoms with Gasteiger partial charge in [0.05, 0.1) is 49.4 Å². The van der Waals surface area contributed by atoms with Crippen LogP contribution >= 0.6 is 0 Å². The molecule has 0 saturated carbocycles. The second-order valence-electron chi connectivity index (χ2n) is 27.5. The molecule has 0 aliphatic heterocycles. The maximum atomic E-state index is 13.3. The van der Waals surface area contributed by atoms with Crippen LogP contribution in [0.5, 0.6) is 34.5 Å². The van der Waals surface area contributed by atoms with Crippen LogP contribution in [0, 0.1) is 13.8 Å². The third kappa shape index (κ3) is 16.5. The van der Waals surface area contributed by atoms with Gasteiger partial charge in [0.15, 0.2) is 13.2 Å². The summed E-state index contributed by atoms with van der Waals surface area (Å²) in [5.41, 5.74) is 15.3. The summed E-state index contributed by atoms with van der Waals surface area (Å²) in [6.07, 6.45) is 8.48. The quantitative estimate of drug-likeness (QED) is 0.0590. The molecule has 0 radical (unpaired) electrons. The van der Waals surface area contributed by atoms with Crippen molar-refractivity contribution in [2.24, 2.45) is 0 Å². The highest BCUT2D eigenvalue weighted by molar-refractivity contribution is 5.72. The minimum absolute atomic E-state index is 0.182. The molecule has 90 heavy (non-hydrogen) atoms. The summed E-state index contributed by atoms with van der Waals surface area (Å²) in [7, 11) is 2.74. The largest absolute Gasteiger partial charge is 0.489 e. The molecule has 9 rings (SSSR count). The molecule has 14 heteroatoms. The van der Waals surface area contributed by atoms with E-state index in [1.807, 2.05) is 74.8 Å². The topological polar surface area (TPSA) is 160 Å². The fourth-order valence-electron chi connectivity index (χ4n) is 10.8. The van der Waals surface area contributed by atoms with Crippen molar-refractivity contribution in [2.75, 3.05) is 53.9 Å². The smallest absolute Gasteiger partial charge is 0.343 e. The predicted octanol–water partition coefficient (Wildman–Crippen LogP) is 15.1. The van der Waals surface area contributed by atoms with E-state index >= 15 is 0 Å². The van der Waals surface area contributed by atoms with E-state index < -0.39 is 11.9 Å². The summed E-state index contributed by atoms with van der Waals surface area (Å²) in [5, 5.41) is 0. The Hall–Kier alpha value is -8.78. The van der Waals surface area contributed by atoms with Crippen molar-refractivity contribution in [1.29, 1.82) is 0 Å². The standard InChI is InChI=1S/C76H88N4O10/c1-47-17-21-63(77-41-47)65-23-19-61(43-79-65)85-25-27-87-69-49-29-53-37-59(75(9,10)11)39-55(71(53)89-45-67(81)83-15)31-51-35-58(74(6,7)8)36-52(70(51)88-28-26-86-62-20-24-66(80-44-62)64-22-18-48(2)42-78-64)32-56-40-60(76(12,13)14)38-54(72(56)90-46-68(82)84-16)30-50(69)34-57(33-49)73(3,4)5/h17-24,33-44H,25-32,45-46H2,1-16H3. The minimum atomic E-state index is -0.509. The van der Waals surface area contributed by atoms with Gasteiger partial charge >= 0.3 is 11.9 Å². The molecule has 1 aliphatic rings. The molecule has 0 N–H and O–H groups in total. The number of hydrogen-bond acceptors (Lipinski definition) is 14. The molecular weight excluding hydrogens is 1130 g/mol. The SMILES string of the molecule is COC(=O)COc1c2cc(C(C)(C)C)cc1Cc1cc(C(C)(C)C)cc(c1OCCOc1ccc(-c3ccc(C)cn3)nc1)Cc1cc(C(C)(C)C)cc(c1OCC(=O)OC)Cc1cc(C(C)(C)C)cc(c1OCCOc1ccc(-c3ccc(C)cn3)nc1)C2. The fourth-order valence-corrected chi connectivity index (χ4v) is 10.8. The van der Waals surface area contributed by atoms with Crippen LogP contribution in [0.25, 0.3) is 22.8 Å². The van der Waals surface area contributed by atoms with Gasteiger partial charge in [0.1, 0.15) is 60.9 Å². The molecule has 1 aliphatic carbocycles. The van der Waals surface area contributed by atoms with Crippen LogP contribution in [-0.2, 0) is 66.4 Å². The first-order valence-corrected chi connectivity index (χ1v) is 31.0. The van der Waals surface area contributed by atoms with Crippen LogP contribution in [0.1, 0.15) is 161 Å². The van der Waals surface area contributed by atoms with Crippen LogP contribution in [0.3, 0.4) is 0 Å². The number of esters is 2. The number of methoxy groups -OCH3 is 2. The van der Waals surface area contributed by atoms with Gasteiger partial charge in [0.25, 0.3) is 0 Å². The van der Waals surface area contributed by atoms with Gasteiger partial charge in [-0.15, -0.1) is 0 Å². The lowest BCUT2D eigenvalue weighted by atomic mass is 9.79. The van der Waals surface area contributed by atoms with Crippen molar-refractivity contribution in [3.63, 3.8) is 0 Å². The molecule has 4 heterocycles. The Kier molecular flexibility index (Phi) is 20.1. The predicted molar refractivity (Wildman–Crippen MR) is 353 cm³/mol. The molecule has 8 aromatic rings. The second-order valence-corrected chi connectivity index (χ2v) is 27.5. The van der Waals surface area contributed by atoms with Crippen LogP contribution in [0.2, 0.25) is 0 Å². The highest BCUT2D eigenvalue weighted by atomic mass is 16.6. The Morgan fingerprint density at radius 1 is 0.344 bits per heavy atom. The number of aromatic nitrogens is 4. The number of carbonyl (C=O) groups is 2. The first-order chi connectivity index (χ1) is 42.6. The van der Waals surface area contributed by atoms with Crippen molar-refractivity contribution in [3.8, 4) is 57.3 Å². The van der Waals surface area contributed by atoms with Crippen LogP contribution < -0.4 is 28.4 Å². The van der Waals surface area contributed by atoms with Gasteiger partial charge < -0.3 is 37.9 Å². The maximum absolute atomic E-state index is 13.3. The van der Waals surface area contributed by atoms with E-state index in [0.717, 1.165) is 101 Å². The molecule has 472 valence electrons. The summed E-state index contributed by atoms with van der Waals surface area (Å²) < 4.78 is 51.1. The van der Waals surface area contributed by atoms with Gasteiger partial charge in [-0.1, -0.05) is 144 Å². The van der Waals surface area contributed by atoms with Crippen LogP contribution in [0.4, 0.5) is 0 Å². The Morgan fingerprint density at radius 3 is 0.811 bits per heavy atom. The van der Waals surface area contributed by atoms with Gasteiger partial charge in [-0.05, 0) is 150 Å². The van der Waals surface area contributed by atoms with E-state index in [1.54, 1.807) is 12.4 Å². The number of benzene rings is 4. The molecule has 0 amide bonds. The van der Waals surface area contributed by atoms with Crippen molar-refractivity contribution in [1.82, 2.24) is 19.9 Å². The van der Waals surface area contributed by atoms with Gasteiger partial charge in [0.2, 0.25) is 0 Å². The third-order valence-electron chi connectivity index (χ3n) is 16.1. The normalized spacial score (nSPS) is 12.6. The zero-order chi connectivity index (χ0) is 64.7. The summed E-state index contributed by atoms with van der Waals surface area (Å²) in [6.45, 7) is 30.7. The van der Waals surface area contributed by atoms with Crippen molar-refractivity contribution < 1.29 is 47.5 Å². The van der Waals surface area contributed by atoms with Crippen molar-refractivity contribution in [2.45, 2.75) is 144 Å². The summed E-state index contributed by atoms with van der Waals surface area (Å²) in [6, 6.07) is 33.3. The molecule has 4 aromatic heterocycles. The number of rotatable bonds is 18. The van der Waals surface area contributed by atoms with Crippen LogP contribution in [0.15, 0.2) is 122 Å². The number of carbonyl (C=O) groups excluding carboxylic acids is 2. The molecule has 0 unspecified atom stereocenters. The highest BCUT2D eigenvalue weighted by Gasteiger charge is 2.30.